The molecule has 0 aliphatic heterocycles. The molecule has 0 amide bonds. The normalized spacial score (nSPS) is 6.61. The predicted molar refractivity (Wildman–Crippen MR) is 45.1 cm³/mol. The van der Waals surface area contributed by atoms with E-state index < -0.39 is 20.5 Å². The van der Waals surface area contributed by atoms with Crippen LogP contribution in [0.4, 0.5) is 0 Å². The van der Waals surface area contributed by atoms with E-state index in [9.17, 15) is 0 Å². The Morgan fingerprint density at radius 1 is 0.478 bits per heavy atom. The number of hydrogen-bond acceptors (Lipinski definition) is 12. The van der Waals surface area contributed by atoms with Gasteiger partial charge in [-0.25, -0.2) is 37.3 Å². The molecule has 0 aromatic heterocycles. The molecule has 0 heterocycles. The molecule has 0 aromatic rings. The van der Waals surface area contributed by atoms with Crippen molar-refractivity contribution in [3.05, 3.63) is 0 Å². The van der Waals surface area contributed by atoms with E-state index in [2.05, 4.69) is 0 Å². The Bertz CT molecular complexity index is 289. The Balaban J connectivity index is -0.0000000270. The Morgan fingerprint density at radius 3 is 0.478 bits per heavy atom. The maximum absolute atomic E-state index is 8.49. The van der Waals surface area contributed by atoms with Crippen LogP contribution < -0.4 is 37.3 Å². The van der Waals surface area contributed by atoms with E-state index in [0.717, 1.165) is 0 Å². The van der Waals surface area contributed by atoms with Crippen LogP contribution in [0.2, 0.25) is 0 Å². The van der Waals surface area contributed by atoms with Crippen LogP contribution in [-0.2, 0) is 17.1 Å². The first-order valence-electron chi connectivity index (χ1n) is 4.13. The van der Waals surface area contributed by atoms with Crippen molar-refractivity contribution in [2.45, 2.75) is 27.7 Å². The van der Waals surface area contributed by atoms with Crippen molar-refractivity contribution in [2.24, 2.45) is 0 Å². The molecule has 0 atom stereocenters. The fourth-order valence-electron chi connectivity index (χ4n) is 0. The molecule has 15 heteroatoms. The maximum Gasteiger partial charge on any atom is 2.00 e. The van der Waals surface area contributed by atoms with Crippen molar-refractivity contribution in [1.82, 2.24) is 0 Å². The molecule has 0 unspecified atom stereocenters. The molecule has 0 spiro atoms. The van der Waals surface area contributed by atoms with E-state index in [1.807, 2.05) is 0 Å². The summed E-state index contributed by atoms with van der Waals surface area (Å²) in [7, 11) is -9.89. The standard InChI is InChI=1S/4C2H3N.2ClHO4.Fe/c4*1-2-3;2*2-1(3,4)5;/h4*1H3;2*(H,2,3,4,5);/q;;;;;;+2/p-2. The van der Waals surface area contributed by atoms with Crippen molar-refractivity contribution in [2.75, 3.05) is 0 Å². The molecule has 134 valence electrons. The first-order chi connectivity index (χ1) is 9.66. The van der Waals surface area contributed by atoms with E-state index in [-0.39, 0.29) is 17.1 Å². The van der Waals surface area contributed by atoms with E-state index in [1.165, 1.54) is 27.7 Å². The number of hydrogen-bond donors (Lipinski definition) is 0. The Morgan fingerprint density at radius 2 is 0.478 bits per heavy atom. The van der Waals surface area contributed by atoms with E-state index in [4.69, 9.17) is 58.3 Å². The van der Waals surface area contributed by atoms with Crippen molar-refractivity contribution in [1.29, 1.82) is 21.0 Å². The molecular weight excluding hydrogens is 407 g/mol. The first kappa shape index (κ1) is 43.0. The van der Waals surface area contributed by atoms with Gasteiger partial charge in [0, 0.05) is 27.7 Å². The van der Waals surface area contributed by atoms with E-state index >= 15 is 0 Å². The molecule has 0 N–H and O–H groups in total. The van der Waals surface area contributed by atoms with E-state index in [0.29, 0.717) is 0 Å². The third-order valence-electron chi connectivity index (χ3n) is 0. The molecule has 12 nitrogen and oxygen atoms in total. The zero-order chi connectivity index (χ0) is 19.8. The summed E-state index contributed by atoms with van der Waals surface area (Å²) in [5.74, 6) is 0. The van der Waals surface area contributed by atoms with Crippen LogP contribution >= 0.6 is 0 Å². The van der Waals surface area contributed by atoms with Crippen LogP contribution in [0, 0.1) is 65.8 Å². The summed E-state index contributed by atoms with van der Waals surface area (Å²) in [6, 6.07) is 7.00. The summed E-state index contributed by atoms with van der Waals surface area (Å²) in [5.41, 5.74) is 0. The topological polar surface area (TPSA) is 280 Å². The SMILES string of the molecule is CC#N.CC#N.CC#N.CC#N.[Fe+2].[O-][Cl+3]([O-])([O-])[O-].[O-][Cl+3]([O-])([O-])[O-]. The average Bonchev–Trinajstić information content (AvgIpc) is 2.15. The van der Waals surface area contributed by atoms with Gasteiger partial charge in [0.1, 0.15) is 0 Å². The summed E-state index contributed by atoms with van der Waals surface area (Å²) in [5, 5.41) is 29.3. The number of nitrogens with zero attached hydrogens (tertiary/aromatic N) is 4. The Hall–Kier alpha value is -1.26. The Labute approximate surface area is 148 Å². The minimum Gasteiger partial charge on any atom is -0.222 e. The second-order valence-electron chi connectivity index (χ2n) is 1.65. The van der Waals surface area contributed by atoms with Crippen molar-refractivity contribution in [3.63, 3.8) is 0 Å². The van der Waals surface area contributed by atoms with Crippen molar-refractivity contribution >= 4 is 0 Å². The number of nitriles is 4. The zero-order valence-corrected chi connectivity index (χ0v) is 14.8. The third-order valence-corrected chi connectivity index (χ3v) is 0. The smallest absolute Gasteiger partial charge is 0.222 e. The monoisotopic (exact) mass is 418 g/mol. The zero-order valence-electron chi connectivity index (χ0n) is 12.2. The van der Waals surface area contributed by atoms with Gasteiger partial charge in [0.15, 0.2) is 0 Å². The van der Waals surface area contributed by atoms with Gasteiger partial charge in [0.2, 0.25) is 0 Å². The van der Waals surface area contributed by atoms with Crippen LogP contribution in [0.5, 0.6) is 0 Å². The van der Waals surface area contributed by atoms with Gasteiger partial charge in [-0.15, -0.1) is 20.5 Å². The Kier molecular flexibility index (Phi) is 69.6. The number of rotatable bonds is 0. The summed E-state index contributed by atoms with van der Waals surface area (Å²) in [4.78, 5) is 0. The van der Waals surface area contributed by atoms with Gasteiger partial charge in [-0.3, -0.25) is 0 Å². The average molecular weight is 419 g/mol. The van der Waals surface area contributed by atoms with Gasteiger partial charge >= 0.3 is 17.1 Å². The third kappa shape index (κ3) is 4580. The quantitative estimate of drug-likeness (QED) is 0.331. The van der Waals surface area contributed by atoms with Crippen molar-refractivity contribution in [3.8, 4) is 24.3 Å². The molecule has 0 aromatic carbocycles. The van der Waals surface area contributed by atoms with Gasteiger partial charge in [-0.1, -0.05) is 0 Å². The van der Waals surface area contributed by atoms with Gasteiger partial charge in [0.05, 0.1) is 24.3 Å². The molecule has 0 rings (SSSR count). The molecule has 0 bridgehead atoms. The van der Waals surface area contributed by atoms with E-state index in [1.54, 1.807) is 24.3 Å². The van der Waals surface area contributed by atoms with Crippen LogP contribution in [-0.4, -0.2) is 0 Å². The van der Waals surface area contributed by atoms with Gasteiger partial charge in [-0.05, 0) is 0 Å². The molecule has 0 fully saturated rings. The minimum atomic E-state index is -4.94. The molecule has 0 aliphatic rings. The number of halogens is 2. The van der Waals surface area contributed by atoms with Crippen molar-refractivity contribution < 1.29 is 74.8 Å². The largest absolute Gasteiger partial charge is 2.00 e. The molecule has 0 saturated carbocycles. The predicted octanol–water partition coefficient (Wildman–Crippen LogP) is -7.39. The minimum absolute atomic E-state index is 0. The van der Waals surface area contributed by atoms with Crippen LogP contribution in [0.15, 0.2) is 0 Å². The van der Waals surface area contributed by atoms with Gasteiger partial charge in [-0.2, -0.15) is 21.0 Å². The second kappa shape index (κ2) is 37.2. The maximum atomic E-state index is 8.49. The summed E-state index contributed by atoms with van der Waals surface area (Å²) in [6.45, 7) is 5.72. The molecular formula is C8H12Cl2FeN4O8. The molecule has 0 radical (unpaired) electrons. The van der Waals surface area contributed by atoms with Crippen LogP contribution in [0.25, 0.3) is 0 Å². The first-order valence-corrected chi connectivity index (χ1v) is 6.60. The fourth-order valence-corrected chi connectivity index (χ4v) is 0. The summed E-state index contributed by atoms with van der Waals surface area (Å²) in [6.07, 6.45) is 0. The summed E-state index contributed by atoms with van der Waals surface area (Å²) < 4.78 is 67.9. The van der Waals surface area contributed by atoms with Crippen LogP contribution in [0.3, 0.4) is 0 Å². The second-order valence-corrected chi connectivity index (χ2v) is 3.16. The summed E-state index contributed by atoms with van der Waals surface area (Å²) >= 11 is 0. The van der Waals surface area contributed by atoms with Crippen LogP contribution in [0.1, 0.15) is 27.7 Å². The molecule has 23 heavy (non-hydrogen) atoms. The van der Waals surface area contributed by atoms with Gasteiger partial charge < -0.3 is 0 Å². The molecule has 0 saturated heterocycles. The fraction of sp³-hybridized carbons (Fsp3) is 0.500. The van der Waals surface area contributed by atoms with Gasteiger partial charge in [0.25, 0.3) is 0 Å². The molecule has 0 aliphatic carbocycles.